The molecule has 5 heterocycles. The molecule has 2 fully saturated rings. The molecule has 10 nitrogen and oxygen atoms in total. The quantitative estimate of drug-likeness (QED) is 0.359. The zero-order valence-corrected chi connectivity index (χ0v) is 23.8. The van der Waals surface area contributed by atoms with Gasteiger partial charge < -0.3 is 20.0 Å². The van der Waals surface area contributed by atoms with Crippen molar-refractivity contribution in [1.82, 2.24) is 23.9 Å². The van der Waals surface area contributed by atoms with E-state index in [0.29, 0.717) is 54.3 Å². The van der Waals surface area contributed by atoms with E-state index < -0.39 is 11.7 Å². The summed E-state index contributed by atoms with van der Waals surface area (Å²) < 4.78 is 3.90. The fourth-order valence-corrected chi connectivity index (χ4v) is 7.11. The van der Waals surface area contributed by atoms with Gasteiger partial charge in [0.2, 0.25) is 5.91 Å². The first-order chi connectivity index (χ1) is 19.7. The smallest absolute Gasteiger partial charge is 0.407 e. The molecule has 41 heavy (non-hydrogen) atoms. The maximum Gasteiger partial charge on any atom is 0.407 e. The lowest BCUT2D eigenvalue weighted by Crippen LogP contribution is -2.53. The number of aromatic nitrogens is 3. The predicted molar refractivity (Wildman–Crippen MR) is 156 cm³/mol. The molecular formula is C29H30ClN5O5S. The number of hydrogen-bond donors (Lipinski definition) is 2. The van der Waals surface area contributed by atoms with Crippen molar-refractivity contribution >= 4 is 46.0 Å². The molecule has 2 amide bonds. The van der Waals surface area contributed by atoms with Crippen molar-refractivity contribution in [3.63, 3.8) is 0 Å². The van der Waals surface area contributed by atoms with Crippen LogP contribution in [0.25, 0.3) is 16.0 Å². The Labute approximate surface area is 245 Å². The van der Waals surface area contributed by atoms with Crippen LogP contribution in [0.4, 0.5) is 4.79 Å². The number of thiophene rings is 1. The van der Waals surface area contributed by atoms with Crippen LogP contribution in [-0.4, -0.2) is 77.9 Å². The highest BCUT2D eigenvalue weighted by atomic mass is 35.5. The molecule has 6 rings (SSSR count). The number of carbonyl (C=O) groups is 2. The fraction of sp³-hybridized carbons (Fsp3) is 0.379. The van der Waals surface area contributed by atoms with Gasteiger partial charge in [0.25, 0.3) is 5.56 Å². The molecule has 4 aromatic rings. The van der Waals surface area contributed by atoms with Crippen LogP contribution >= 0.6 is 22.9 Å². The first-order valence-electron chi connectivity index (χ1n) is 13.6. The molecule has 2 atom stereocenters. The Balaban J connectivity index is 1.15. The minimum atomic E-state index is -1.16. The summed E-state index contributed by atoms with van der Waals surface area (Å²) in [7, 11) is 0. The Bertz CT molecular complexity index is 1640. The summed E-state index contributed by atoms with van der Waals surface area (Å²) in [6.45, 7) is 1.38. The summed E-state index contributed by atoms with van der Waals surface area (Å²) >= 11 is 7.47. The average Bonchev–Trinajstić information content (AvgIpc) is 3.61. The van der Waals surface area contributed by atoms with Crippen LogP contribution in [0, 0.1) is 5.92 Å². The molecular weight excluding hydrogens is 566 g/mol. The van der Waals surface area contributed by atoms with E-state index in [0.717, 1.165) is 10.6 Å². The van der Waals surface area contributed by atoms with E-state index in [9.17, 15) is 24.6 Å². The standard InChI is InChI=1S/C29H30ClN5O5S/c30-23-6-7-24(41-23)35-13-9-21-25(35)31-18-34(27(21)37)17-29(40)10-14-32(15-11-29)26(36)20-8-12-33(28(38)39)16-22(20)19-4-2-1-3-5-19/h1-7,9,13,18,20,22,40H,8,10-12,14-17H2,(H,38,39)/t20-,22+/m1/s1. The van der Waals surface area contributed by atoms with Gasteiger partial charge in [-0.2, -0.15) is 0 Å². The molecule has 0 spiro atoms. The zero-order valence-electron chi connectivity index (χ0n) is 22.2. The van der Waals surface area contributed by atoms with Gasteiger partial charge in [-0.25, -0.2) is 9.78 Å². The third-order valence-corrected chi connectivity index (χ3v) is 9.60. The van der Waals surface area contributed by atoms with Crippen molar-refractivity contribution in [3.8, 4) is 5.00 Å². The van der Waals surface area contributed by atoms with Crippen LogP contribution in [-0.2, 0) is 11.3 Å². The summed E-state index contributed by atoms with van der Waals surface area (Å²) in [6, 6.07) is 15.0. The van der Waals surface area contributed by atoms with Crippen molar-refractivity contribution in [2.24, 2.45) is 5.92 Å². The number of halogens is 1. The maximum absolute atomic E-state index is 13.7. The van der Waals surface area contributed by atoms with Gasteiger partial charge in [0.05, 0.1) is 21.9 Å². The number of rotatable bonds is 5. The van der Waals surface area contributed by atoms with E-state index >= 15 is 0 Å². The zero-order chi connectivity index (χ0) is 28.7. The van der Waals surface area contributed by atoms with Crippen molar-refractivity contribution < 1.29 is 19.8 Å². The normalized spacial score (nSPS) is 20.8. The van der Waals surface area contributed by atoms with E-state index in [1.54, 1.807) is 23.2 Å². The summed E-state index contributed by atoms with van der Waals surface area (Å²) in [5.41, 5.74) is 0.0765. The van der Waals surface area contributed by atoms with Crippen LogP contribution in [0.5, 0.6) is 0 Å². The van der Waals surface area contributed by atoms with Crippen molar-refractivity contribution in [1.29, 1.82) is 0 Å². The van der Waals surface area contributed by atoms with Gasteiger partial charge in [0, 0.05) is 44.2 Å². The third kappa shape index (κ3) is 5.37. The Morgan fingerprint density at radius 3 is 2.49 bits per heavy atom. The predicted octanol–water partition coefficient (Wildman–Crippen LogP) is 4.04. The SMILES string of the molecule is O=C(O)N1CC[C@@H](C(=O)N2CCC(O)(Cn3cnc4c(ccn4-c4ccc(Cl)s4)c3=O)CC2)[C@H](c2ccccc2)C1. The second kappa shape index (κ2) is 11.0. The van der Waals surface area contributed by atoms with Crippen molar-refractivity contribution in [2.45, 2.75) is 37.3 Å². The number of aliphatic hydroxyl groups is 1. The molecule has 2 saturated heterocycles. The minimum Gasteiger partial charge on any atom is -0.465 e. The van der Waals surface area contributed by atoms with Crippen LogP contribution < -0.4 is 5.56 Å². The average molecular weight is 596 g/mol. The summed E-state index contributed by atoms with van der Waals surface area (Å²) in [4.78, 5) is 46.3. The number of benzene rings is 1. The van der Waals surface area contributed by atoms with Gasteiger partial charge in [0.15, 0.2) is 5.65 Å². The number of carbonyl (C=O) groups excluding carboxylic acids is 1. The molecule has 0 radical (unpaired) electrons. The molecule has 2 aliphatic rings. The summed E-state index contributed by atoms with van der Waals surface area (Å²) in [5.74, 6) is -0.583. The Morgan fingerprint density at radius 2 is 1.80 bits per heavy atom. The van der Waals surface area contributed by atoms with E-state index in [2.05, 4.69) is 4.98 Å². The topological polar surface area (TPSA) is 121 Å². The van der Waals surface area contributed by atoms with Crippen LogP contribution in [0.1, 0.15) is 30.7 Å². The lowest BCUT2D eigenvalue weighted by Gasteiger charge is -2.42. The molecule has 2 N–H and O–H groups in total. The van der Waals surface area contributed by atoms with E-state index in [-0.39, 0.29) is 36.4 Å². The van der Waals surface area contributed by atoms with Crippen LogP contribution in [0.2, 0.25) is 4.34 Å². The molecule has 3 aromatic heterocycles. The Hall–Kier alpha value is -3.67. The van der Waals surface area contributed by atoms with E-state index in [1.165, 1.54) is 27.1 Å². The van der Waals surface area contributed by atoms with Crippen LogP contribution in [0.3, 0.4) is 0 Å². The Morgan fingerprint density at radius 1 is 1.05 bits per heavy atom. The van der Waals surface area contributed by atoms with Gasteiger partial charge in [-0.1, -0.05) is 41.9 Å². The largest absolute Gasteiger partial charge is 0.465 e. The lowest BCUT2D eigenvalue weighted by molar-refractivity contribution is -0.142. The first kappa shape index (κ1) is 27.5. The Kier molecular flexibility index (Phi) is 7.35. The van der Waals surface area contributed by atoms with Gasteiger partial charge in [-0.05, 0) is 43.0 Å². The number of carboxylic acid groups (broad SMARTS) is 1. The van der Waals surface area contributed by atoms with Gasteiger partial charge in [-0.15, -0.1) is 11.3 Å². The highest BCUT2D eigenvalue weighted by molar-refractivity contribution is 7.18. The molecule has 12 heteroatoms. The summed E-state index contributed by atoms with van der Waals surface area (Å²) in [6.07, 6.45) is 3.36. The monoisotopic (exact) mass is 595 g/mol. The minimum absolute atomic E-state index is 0.0128. The van der Waals surface area contributed by atoms with Gasteiger partial charge >= 0.3 is 6.09 Å². The third-order valence-electron chi connectivity index (χ3n) is 8.37. The van der Waals surface area contributed by atoms with Crippen molar-refractivity contribution in [2.75, 3.05) is 26.2 Å². The molecule has 0 bridgehead atoms. The molecule has 0 saturated carbocycles. The van der Waals surface area contributed by atoms with Crippen LogP contribution in [0.15, 0.2) is 65.8 Å². The number of amides is 2. The van der Waals surface area contributed by atoms with Crippen molar-refractivity contribution in [3.05, 3.63) is 81.3 Å². The fourth-order valence-electron chi connectivity index (χ4n) is 6.09. The number of hydrogen-bond acceptors (Lipinski definition) is 6. The second-order valence-electron chi connectivity index (χ2n) is 10.9. The molecule has 0 aliphatic carbocycles. The van der Waals surface area contributed by atoms with E-state index in [1.807, 2.05) is 41.0 Å². The lowest BCUT2D eigenvalue weighted by atomic mass is 9.79. The molecule has 2 aliphatic heterocycles. The highest BCUT2D eigenvalue weighted by Gasteiger charge is 2.41. The molecule has 1 aromatic carbocycles. The number of nitrogens with zero attached hydrogens (tertiary/aromatic N) is 5. The van der Waals surface area contributed by atoms with E-state index in [4.69, 9.17) is 11.6 Å². The number of fused-ring (bicyclic) bond motifs is 1. The first-order valence-corrected chi connectivity index (χ1v) is 14.8. The molecule has 0 unspecified atom stereocenters. The number of piperidine rings is 2. The van der Waals surface area contributed by atoms with Gasteiger partial charge in [0.1, 0.15) is 11.3 Å². The van der Waals surface area contributed by atoms with Gasteiger partial charge in [-0.3, -0.25) is 18.7 Å². The molecule has 214 valence electrons. The summed E-state index contributed by atoms with van der Waals surface area (Å²) in [5, 5.41) is 22.3. The number of likely N-dealkylation sites (tertiary alicyclic amines) is 2. The maximum atomic E-state index is 13.7. The second-order valence-corrected chi connectivity index (χ2v) is 12.6. The highest BCUT2D eigenvalue weighted by Crippen LogP contribution is 2.35.